The van der Waals surface area contributed by atoms with Crippen molar-refractivity contribution >= 4 is 24.0 Å². The van der Waals surface area contributed by atoms with E-state index in [1.165, 1.54) is 0 Å². The Labute approximate surface area is 46.7 Å². The molecule has 0 spiro atoms. The highest BCUT2D eigenvalue weighted by molar-refractivity contribution is 14.0. The average Bonchev–Trinajstić information content (AvgIpc) is 1.37. The lowest BCUT2D eigenvalue weighted by Crippen LogP contribution is -1.41. The molecule has 0 atom stereocenters. The Balaban J connectivity index is 0. The van der Waals surface area contributed by atoms with Gasteiger partial charge < -0.3 is 4.94 Å². The molecule has 32 valence electrons. The van der Waals surface area contributed by atoms with Gasteiger partial charge in [-0.1, -0.05) is 6.58 Å². The summed E-state index contributed by atoms with van der Waals surface area (Å²) in [6.45, 7) is 2.88. The van der Waals surface area contributed by atoms with Gasteiger partial charge in [0.2, 0.25) is 0 Å². The van der Waals surface area contributed by atoms with Crippen LogP contribution in [0.4, 0.5) is 4.53 Å². The predicted octanol–water partition coefficient (Wildman–Crippen LogP) is 1.65. The minimum absolute atomic E-state index is 0. The second-order valence-electron chi connectivity index (χ2n) is 0.256. The normalized spacial score (nSPS) is 4.20. The van der Waals surface area contributed by atoms with E-state index in [0.717, 1.165) is 0 Å². The van der Waals surface area contributed by atoms with E-state index in [1.807, 2.05) is 0 Å². The van der Waals surface area contributed by atoms with Gasteiger partial charge in [0, 0.05) is 4.53 Å². The molecule has 1 nitrogen and oxygen atoms in total. The fraction of sp³-hybridized carbons (Fsp3) is 0. The molecular weight excluding hydrogens is 186 g/mol. The first-order valence-corrected chi connectivity index (χ1v) is 0.798. The third-order valence-electron chi connectivity index (χ3n) is 0.0630. The molecule has 3 heteroatoms. The molecule has 0 amide bonds. The van der Waals surface area contributed by atoms with Gasteiger partial charge in [-0.2, -0.15) is 0 Å². The van der Waals surface area contributed by atoms with E-state index in [4.69, 9.17) is 0 Å². The summed E-state index contributed by atoms with van der Waals surface area (Å²) in [4.78, 5) is 2.81. The lowest BCUT2D eigenvalue weighted by molar-refractivity contribution is -0.0611. The van der Waals surface area contributed by atoms with Crippen LogP contribution in [0.2, 0.25) is 0 Å². The van der Waals surface area contributed by atoms with Crippen molar-refractivity contribution in [1.82, 2.24) is 0 Å². The Morgan fingerprint density at radius 3 is 2.00 bits per heavy atom. The zero-order chi connectivity index (χ0) is 3.41. The molecule has 0 heterocycles. The Morgan fingerprint density at radius 2 is 2.00 bits per heavy atom. The molecule has 5 heavy (non-hydrogen) atoms. The molecular formula is C2H4FIO. The van der Waals surface area contributed by atoms with Gasteiger partial charge in [-0.05, 0) is 0 Å². The van der Waals surface area contributed by atoms with Crippen molar-refractivity contribution < 1.29 is 9.47 Å². The van der Waals surface area contributed by atoms with E-state index >= 15 is 0 Å². The van der Waals surface area contributed by atoms with Gasteiger partial charge in [0.15, 0.2) is 0 Å². The van der Waals surface area contributed by atoms with Crippen LogP contribution in [0, 0.1) is 0 Å². The van der Waals surface area contributed by atoms with E-state index in [1.54, 1.807) is 0 Å². The molecule has 0 rings (SSSR count). The number of rotatable bonds is 1. The Bertz CT molecular complexity index is 23.6. The largest absolute Gasteiger partial charge is 0.303 e. The van der Waals surface area contributed by atoms with Crippen LogP contribution >= 0.6 is 24.0 Å². The van der Waals surface area contributed by atoms with Gasteiger partial charge in [0.1, 0.15) is 6.26 Å². The Kier molecular flexibility index (Phi) is 15.9. The number of halogens is 2. The first-order valence-electron chi connectivity index (χ1n) is 0.798. The first kappa shape index (κ1) is 8.96. The van der Waals surface area contributed by atoms with E-state index in [-0.39, 0.29) is 24.0 Å². The van der Waals surface area contributed by atoms with Gasteiger partial charge in [-0.3, -0.25) is 0 Å². The molecule has 0 radical (unpaired) electrons. The van der Waals surface area contributed by atoms with Crippen molar-refractivity contribution in [2.24, 2.45) is 0 Å². The molecule has 0 aliphatic rings. The fourth-order valence-electron chi connectivity index (χ4n) is 0. The minimum Gasteiger partial charge on any atom is -0.303 e. The molecule has 0 aliphatic heterocycles. The zero-order valence-electron chi connectivity index (χ0n) is 2.48. The molecule has 0 fully saturated rings. The number of hydrogen-bond donors (Lipinski definition) is 0. The van der Waals surface area contributed by atoms with E-state index in [2.05, 4.69) is 11.5 Å². The molecule has 0 saturated carbocycles. The molecule has 0 N–H and O–H groups in total. The van der Waals surface area contributed by atoms with Gasteiger partial charge >= 0.3 is 0 Å². The van der Waals surface area contributed by atoms with Gasteiger partial charge in [0.05, 0.1) is 0 Å². The molecule has 0 unspecified atom stereocenters. The summed E-state index contributed by atoms with van der Waals surface area (Å²) in [5, 5.41) is 0. The van der Waals surface area contributed by atoms with E-state index in [9.17, 15) is 4.53 Å². The third kappa shape index (κ3) is 14.1. The minimum atomic E-state index is 0. The van der Waals surface area contributed by atoms with Crippen molar-refractivity contribution in [1.29, 1.82) is 0 Å². The summed E-state index contributed by atoms with van der Waals surface area (Å²) in [6.07, 6.45) is 0.708. The maximum absolute atomic E-state index is 10.1. The Hall–Kier alpha value is 0.200. The molecule has 0 bridgehead atoms. The molecule has 0 saturated heterocycles. The van der Waals surface area contributed by atoms with Gasteiger partial charge in [0.25, 0.3) is 0 Å². The second kappa shape index (κ2) is 8.89. The highest BCUT2D eigenvalue weighted by Gasteiger charge is 1.43. The van der Waals surface area contributed by atoms with Crippen molar-refractivity contribution in [3.05, 3.63) is 12.8 Å². The van der Waals surface area contributed by atoms with Crippen LogP contribution in [-0.2, 0) is 4.94 Å². The lowest BCUT2D eigenvalue weighted by atomic mass is 11.2. The van der Waals surface area contributed by atoms with Gasteiger partial charge in [-0.15, -0.1) is 24.0 Å². The number of hydrogen-bond acceptors (Lipinski definition) is 1. The lowest BCUT2D eigenvalue weighted by Gasteiger charge is -1.62. The Morgan fingerprint density at radius 1 is 1.80 bits per heavy atom. The van der Waals surface area contributed by atoms with Crippen LogP contribution in [0.15, 0.2) is 12.8 Å². The van der Waals surface area contributed by atoms with Gasteiger partial charge in [-0.25, -0.2) is 0 Å². The summed E-state index contributed by atoms with van der Waals surface area (Å²) in [5.41, 5.74) is 0. The van der Waals surface area contributed by atoms with Crippen molar-refractivity contribution in [3.8, 4) is 0 Å². The summed E-state index contributed by atoms with van der Waals surface area (Å²) < 4.78 is 10.1. The second-order valence-corrected chi connectivity index (χ2v) is 0.256. The highest BCUT2D eigenvalue weighted by Crippen LogP contribution is 1.63. The topological polar surface area (TPSA) is 9.23 Å². The summed E-state index contributed by atoms with van der Waals surface area (Å²) in [6, 6.07) is 0. The summed E-state index contributed by atoms with van der Waals surface area (Å²) >= 11 is 0. The van der Waals surface area contributed by atoms with Crippen molar-refractivity contribution in [2.45, 2.75) is 0 Å². The molecule has 0 aromatic heterocycles. The molecule has 0 aromatic rings. The maximum Gasteiger partial charge on any atom is 0.128 e. The van der Waals surface area contributed by atoms with E-state index in [0.29, 0.717) is 6.26 Å². The molecule has 0 aromatic carbocycles. The highest BCUT2D eigenvalue weighted by atomic mass is 127. The monoisotopic (exact) mass is 190 g/mol. The fourth-order valence-corrected chi connectivity index (χ4v) is 0. The van der Waals surface area contributed by atoms with Crippen LogP contribution < -0.4 is 0 Å². The first-order chi connectivity index (χ1) is 1.91. The van der Waals surface area contributed by atoms with E-state index < -0.39 is 0 Å². The van der Waals surface area contributed by atoms with Crippen molar-refractivity contribution in [2.75, 3.05) is 0 Å². The molecule has 0 aliphatic carbocycles. The standard InChI is InChI=1S/C2H3FO.HI/c1-2-4-3;/h2H,1H2;1H. The SMILES string of the molecule is C=COF.I. The van der Waals surface area contributed by atoms with Crippen molar-refractivity contribution in [3.63, 3.8) is 0 Å². The third-order valence-corrected chi connectivity index (χ3v) is 0.0630. The quantitative estimate of drug-likeness (QED) is 0.451. The van der Waals surface area contributed by atoms with Crippen LogP contribution in [0.3, 0.4) is 0 Å². The summed E-state index contributed by atoms with van der Waals surface area (Å²) in [7, 11) is 0. The van der Waals surface area contributed by atoms with Crippen LogP contribution in [0.5, 0.6) is 0 Å². The van der Waals surface area contributed by atoms with Crippen LogP contribution in [0.1, 0.15) is 0 Å². The maximum atomic E-state index is 10.1. The predicted molar refractivity (Wildman–Crippen MR) is 27.8 cm³/mol. The summed E-state index contributed by atoms with van der Waals surface area (Å²) in [5.74, 6) is 0. The van der Waals surface area contributed by atoms with Crippen LogP contribution in [-0.4, -0.2) is 0 Å². The zero-order valence-corrected chi connectivity index (χ0v) is 4.81. The van der Waals surface area contributed by atoms with Crippen LogP contribution in [0.25, 0.3) is 0 Å². The average molecular weight is 190 g/mol. The smallest absolute Gasteiger partial charge is 0.128 e.